The van der Waals surface area contributed by atoms with Crippen LogP contribution in [0, 0.1) is 0 Å². The second-order valence-corrected chi connectivity index (χ2v) is 0. The van der Waals surface area contributed by atoms with Gasteiger partial charge in [-0.15, -0.1) is 0 Å². The molecule has 0 aromatic heterocycles. The predicted molar refractivity (Wildman–Crippen MR) is 7.98 cm³/mol. The van der Waals surface area contributed by atoms with Crippen LogP contribution in [0.4, 0.5) is 0 Å². The second-order valence-electron chi connectivity index (χ2n) is 0. The molecule has 0 aromatic rings. The smallest absolute Gasteiger partial charge is 1.00 e. The van der Waals surface area contributed by atoms with Crippen LogP contribution in [0.15, 0.2) is 0 Å². The molecular weight excluding hydrogens is 201 g/mol. The van der Waals surface area contributed by atoms with Crippen molar-refractivity contribution >= 4 is 23.1 Å². The molecule has 4 heavy (non-hydrogen) atoms. The Morgan fingerprint density at radius 2 is 1.25 bits per heavy atom. The molecule has 0 aromatic carbocycles. The van der Waals surface area contributed by atoms with Crippen LogP contribution in [-0.4, -0.2) is 23.1 Å². The molecule has 0 saturated heterocycles. The minimum Gasteiger partial charge on any atom is -1.00 e. The molecule has 0 atom stereocenters. The molecule has 0 nitrogen and oxygen atoms in total. The van der Waals surface area contributed by atoms with Crippen LogP contribution in [0.3, 0.4) is 0 Å². The molecule has 4 heteroatoms. The fraction of sp³-hybridized carbons (Fsp3) is 0. The van der Waals surface area contributed by atoms with Gasteiger partial charge in [-0.3, -0.25) is 0 Å². The molecule has 0 heterocycles. The van der Waals surface area contributed by atoms with Crippen molar-refractivity contribution in [1.82, 2.24) is 0 Å². The van der Waals surface area contributed by atoms with Crippen LogP contribution < -0.4 is 0 Å². The van der Waals surface area contributed by atoms with Gasteiger partial charge >= 0.3 is 23.1 Å². The maximum absolute atomic E-state index is 0. The van der Waals surface area contributed by atoms with E-state index in [2.05, 4.69) is 0 Å². The minimum atomic E-state index is 0. The van der Waals surface area contributed by atoms with Crippen LogP contribution in [-0.2, 0) is 53.6 Å². The van der Waals surface area contributed by atoms with Crippen LogP contribution in [0.25, 0.3) is 0 Å². The van der Waals surface area contributed by atoms with Crippen LogP contribution in [0.5, 0.6) is 0 Å². The Bertz CT molecular complexity index is 13.5. The van der Waals surface area contributed by atoms with E-state index in [9.17, 15) is 0 Å². The maximum atomic E-state index is 0. The van der Waals surface area contributed by atoms with E-state index < -0.39 is 0 Å². The van der Waals surface area contributed by atoms with E-state index in [4.69, 9.17) is 0 Å². The third-order valence-corrected chi connectivity index (χ3v) is 0. The molecule has 0 unspecified atom stereocenters. The average Bonchev–Trinajstić information content (AvgIpc) is 0. The third kappa shape index (κ3) is 8.83. The quantitative estimate of drug-likeness (QED) is 0.479. The van der Waals surface area contributed by atoms with Crippen molar-refractivity contribution in [3.05, 3.63) is 0 Å². The van der Waals surface area contributed by atoms with Crippen molar-refractivity contribution < 1.29 is 56.5 Å². The zero-order valence-electron chi connectivity index (χ0n) is 4.16. The van der Waals surface area contributed by atoms with Crippen LogP contribution in [0.1, 0.15) is 2.85 Å². The summed E-state index contributed by atoms with van der Waals surface area (Å²) >= 11 is 0. The monoisotopic (exact) mass is 201 g/mol. The van der Waals surface area contributed by atoms with Gasteiger partial charge < -0.3 is 2.85 Å². The zero-order valence-corrected chi connectivity index (χ0v) is 8.85. The fourth-order valence-electron chi connectivity index (χ4n) is 0. The Labute approximate surface area is 78.7 Å². The van der Waals surface area contributed by atoms with Gasteiger partial charge in [-0.25, -0.2) is 0 Å². The zero-order chi connectivity index (χ0) is 0. The van der Waals surface area contributed by atoms with Gasteiger partial charge in [0.25, 0.3) is 0 Å². The summed E-state index contributed by atoms with van der Waals surface area (Å²) < 4.78 is 0. The summed E-state index contributed by atoms with van der Waals surface area (Å²) in [7, 11) is 0. The SMILES string of the molecule is [Co].[Cr].[H-].[H-].[Mg+2].[Zn]. The van der Waals surface area contributed by atoms with Crippen LogP contribution in [0.2, 0.25) is 0 Å². The molecule has 0 bridgehead atoms. The Hall–Kier alpha value is 2.43. The topological polar surface area (TPSA) is 0 Å². The van der Waals surface area contributed by atoms with Crippen molar-refractivity contribution in [1.29, 1.82) is 0 Å². The predicted octanol–water partition coefficient (Wildman–Crippen LogP) is -0.163. The number of rotatable bonds is 0. The largest absolute Gasteiger partial charge is 2.00 e. The van der Waals surface area contributed by atoms with Gasteiger partial charge in [0.1, 0.15) is 0 Å². The van der Waals surface area contributed by atoms with E-state index in [-0.39, 0.29) is 79.5 Å². The van der Waals surface area contributed by atoms with E-state index in [1.54, 1.807) is 0 Å². The summed E-state index contributed by atoms with van der Waals surface area (Å²) in [6.45, 7) is 0. The molecule has 0 rings (SSSR count). The summed E-state index contributed by atoms with van der Waals surface area (Å²) in [5.74, 6) is 0. The Morgan fingerprint density at radius 3 is 1.25 bits per heavy atom. The average molecular weight is 203 g/mol. The van der Waals surface area contributed by atoms with E-state index >= 15 is 0 Å². The molecule has 0 saturated carbocycles. The summed E-state index contributed by atoms with van der Waals surface area (Å²) in [5, 5.41) is 0. The standard InChI is InChI=1S/Co.Cr.Mg.Zn.2H/q;;+2;;2*-1. The van der Waals surface area contributed by atoms with Crippen molar-refractivity contribution in [2.45, 2.75) is 0 Å². The molecule has 0 aliphatic heterocycles. The van der Waals surface area contributed by atoms with Crippen molar-refractivity contribution in [3.63, 3.8) is 0 Å². The first kappa shape index (κ1) is 32.1. The molecule has 1 radical (unpaired) electrons. The van der Waals surface area contributed by atoms with E-state index in [0.29, 0.717) is 0 Å². The fourth-order valence-corrected chi connectivity index (χ4v) is 0. The number of hydrogen-bond donors (Lipinski definition) is 0. The van der Waals surface area contributed by atoms with Gasteiger partial charge in [-0.1, -0.05) is 0 Å². The first-order valence-corrected chi connectivity index (χ1v) is 0. The van der Waals surface area contributed by atoms with Gasteiger partial charge in [-0.05, 0) is 0 Å². The van der Waals surface area contributed by atoms with Crippen molar-refractivity contribution in [2.24, 2.45) is 0 Å². The van der Waals surface area contributed by atoms with Gasteiger partial charge in [-0.2, -0.15) is 0 Å². The molecule has 0 aliphatic rings. The summed E-state index contributed by atoms with van der Waals surface area (Å²) in [5.41, 5.74) is 0. The maximum Gasteiger partial charge on any atom is 2.00 e. The Morgan fingerprint density at radius 1 is 1.25 bits per heavy atom. The summed E-state index contributed by atoms with van der Waals surface area (Å²) in [4.78, 5) is 0. The second kappa shape index (κ2) is 18.1. The molecule has 0 amide bonds. The van der Waals surface area contributed by atoms with E-state index in [1.165, 1.54) is 0 Å². The molecular formula is H2CoCrMgZn. The molecule has 21 valence electrons. The van der Waals surface area contributed by atoms with Gasteiger partial charge in [0, 0.05) is 53.6 Å². The first-order valence-electron chi connectivity index (χ1n) is 0. The summed E-state index contributed by atoms with van der Waals surface area (Å²) in [6.07, 6.45) is 0. The Balaban J connectivity index is 0. The normalized spacial score (nSPS) is 0. The van der Waals surface area contributed by atoms with Gasteiger partial charge in [0.2, 0.25) is 0 Å². The van der Waals surface area contributed by atoms with Gasteiger partial charge in [0.05, 0.1) is 0 Å². The van der Waals surface area contributed by atoms with Crippen molar-refractivity contribution in [2.75, 3.05) is 0 Å². The van der Waals surface area contributed by atoms with Gasteiger partial charge in [0.15, 0.2) is 0 Å². The summed E-state index contributed by atoms with van der Waals surface area (Å²) in [6, 6.07) is 0. The van der Waals surface area contributed by atoms with Crippen molar-refractivity contribution in [3.8, 4) is 0 Å². The van der Waals surface area contributed by atoms with Crippen LogP contribution >= 0.6 is 0 Å². The molecule has 0 fully saturated rings. The number of hydrogen-bond acceptors (Lipinski definition) is 0. The van der Waals surface area contributed by atoms with E-state index in [0.717, 1.165) is 0 Å². The molecule has 0 N–H and O–H groups in total. The van der Waals surface area contributed by atoms with E-state index in [1.807, 2.05) is 0 Å². The molecule has 0 aliphatic carbocycles. The Kier molecular flexibility index (Phi) is 145. The first-order chi connectivity index (χ1) is 0. The third-order valence-electron chi connectivity index (χ3n) is 0. The minimum absolute atomic E-state index is 0. The molecule has 0 spiro atoms.